The van der Waals surface area contributed by atoms with Gasteiger partial charge < -0.3 is 5.32 Å². The highest BCUT2D eigenvalue weighted by Gasteiger charge is 2.37. The first-order valence-electron chi connectivity index (χ1n) is 5.67. The number of amides is 1. The minimum absolute atomic E-state index is 0.0778. The molecule has 1 heterocycles. The second-order valence-corrected chi connectivity index (χ2v) is 7.99. The Morgan fingerprint density at radius 1 is 1.50 bits per heavy atom. The largest absolute Gasteiger partial charge is 0.355 e. The lowest BCUT2D eigenvalue weighted by molar-refractivity contribution is -0.120. The molecule has 1 fully saturated rings. The summed E-state index contributed by atoms with van der Waals surface area (Å²) in [4.78, 5) is 12.4. The van der Waals surface area contributed by atoms with Gasteiger partial charge in [-0.15, -0.1) is 11.3 Å². The number of carbonyl (C=O) groups is 1. The predicted molar refractivity (Wildman–Crippen MR) is 69.7 cm³/mol. The van der Waals surface area contributed by atoms with E-state index in [2.05, 4.69) is 12.2 Å². The second-order valence-electron chi connectivity index (χ2n) is 5.03. The van der Waals surface area contributed by atoms with E-state index in [9.17, 15) is 13.2 Å². The standard InChI is InChI=1S/C11H16N2O3S2/c1-11(4-5-11)7-13-9(14)6-8-2-3-10(17-8)18(12,15)16/h2-3H,4-7H2,1H3,(H,13,14)(H2,12,15,16). The Morgan fingerprint density at radius 3 is 2.67 bits per heavy atom. The zero-order valence-electron chi connectivity index (χ0n) is 10.1. The molecule has 1 aromatic heterocycles. The van der Waals surface area contributed by atoms with Crippen LogP contribution in [0.1, 0.15) is 24.6 Å². The molecule has 0 saturated heterocycles. The minimum Gasteiger partial charge on any atom is -0.355 e. The molecule has 0 aromatic carbocycles. The molecule has 1 aliphatic rings. The van der Waals surface area contributed by atoms with Gasteiger partial charge in [0.05, 0.1) is 6.42 Å². The molecular weight excluding hydrogens is 272 g/mol. The molecule has 0 aliphatic heterocycles. The summed E-state index contributed by atoms with van der Waals surface area (Å²) in [5, 5.41) is 7.88. The fourth-order valence-electron chi connectivity index (χ4n) is 1.53. The molecule has 7 heteroatoms. The summed E-state index contributed by atoms with van der Waals surface area (Å²) in [7, 11) is -3.66. The average molecular weight is 288 g/mol. The molecule has 0 spiro atoms. The molecule has 1 aromatic rings. The van der Waals surface area contributed by atoms with Gasteiger partial charge in [-0.3, -0.25) is 4.79 Å². The number of nitrogens with two attached hydrogens (primary N) is 1. The first-order valence-corrected chi connectivity index (χ1v) is 8.03. The lowest BCUT2D eigenvalue weighted by Crippen LogP contribution is -2.30. The third kappa shape index (κ3) is 3.54. The molecule has 2 rings (SSSR count). The number of sulfonamides is 1. The van der Waals surface area contributed by atoms with Crippen molar-refractivity contribution in [1.82, 2.24) is 5.32 Å². The molecule has 0 atom stereocenters. The maximum absolute atomic E-state index is 11.7. The highest BCUT2D eigenvalue weighted by Crippen LogP contribution is 2.44. The molecule has 18 heavy (non-hydrogen) atoms. The van der Waals surface area contributed by atoms with Crippen LogP contribution in [-0.2, 0) is 21.2 Å². The van der Waals surface area contributed by atoms with Crippen LogP contribution < -0.4 is 10.5 Å². The van der Waals surface area contributed by atoms with Crippen molar-refractivity contribution in [3.05, 3.63) is 17.0 Å². The van der Waals surface area contributed by atoms with Gasteiger partial charge in [0.15, 0.2) is 0 Å². The SMILES string of the molecule is CC1(CNC(=O)Cc2ccc(S(N)(=O)=O)s2)CC1. The van der Waals surface area contributed by atoms with Crippen molar-refractivity contribution >= 4 is 27.3 Å². The summed E-state index contributed by atoms with van der Waals surface area (Å²) in [5.41, 5.74) is 0.275. The van der Waals surface area contributed by atoms with Crippen molar-refractivity contribution in [1.29, 1.82) is 0 Å². The smallest absolute Gasteiger partial charge is 0.247 e. The average Bonchev–Trinajstić information content (AvgIpc) is 2.79. The maximum Gasteiger partial charge on any atom is 0.247 e. The Morgan fingerprint density at radius 2 is 2.17 bits per heavy atom. The van der Waals surface area contributed by atoms with Gasteiger partial charge in [-0.05, 0) is 30.4 Å². The van der Waals surface area contributed by atoms with E-state index in [4.69, 9.17) is 5.14 Å². The zero-order chi connectivity index (χ0) is 13.4. The number of rotatable bonds is 5. The van der Waals surface area contributed by atoms with Gasteiger partial charge in [-0.25, -0.2) is 13.6 Å². The molecular formula is C11H16N2O3S2. The third-order valence-electron chi connectivity index (χ3n) is 3.07. The lowest BCUT2D eigenvalue weighted by Gasteiger charge is -2.09. The first kappa shape index (κ1) is 13.5. The van der Waals surface area contributed by atoms with Crippen molar-refractivity contribution < 1.29 is 13.2 Å². The Balaban J connectivity index is 1.89. The number of hydrogen-bond acceptors (Lipinski definition) is 4. The number of hydrogen-bond donors (Lipinski definition) is 2. The van der Waals surface area contributed by atoms with E-state index in [0.29, 0.717) is 11.4 Å². The van der Waals surface area contributed by atoms with Crippen LogP contribution in [0, 0.1) is 5.41 Å². The summed E-state index contributed by atoms with van der Waals surface area (Å²) in [6.45, 7) is 2.83. The van der Waals surface area contributed by atoms with Crippen molar-refractivity contribution in [2.75, 3.05) is 6.54 Å². The van der Waals surface area contributed by atoms with E-state index in [1.807, 2.05) is 0 Å². The predicted octanol–water partition coefficient (Wildman–Crippen LogP) is 0.854. The Kier molecular flexibility index (Phi) is 3.48. The van der Waals surface area contributed by atoms with E-state index >= 15 is 0 Å². The van der Waals surface area contributed by atoms with Gasteiger partial charge >= 0.3 is 0 Å². The maximum atomic E-state index is 11.7. The van der Waals surface area contributed by atoms with Gasteiger partial charge in [0, 0.05) is 11.4 Å². The van der Waals surface area contributed by atoms with Crippen LogP contribution in [0.4, 0.5) is 0 Å². The molecule has 3 N–H and O–H groups in total. The topological polar surface area (TPSA) is 89.3 Å². The van der Waals surface area contributed by atoms with Crippen LogP contribution in [0.25, 0.3) is 0 Å². The van der Waals surface area contributed by atoms with Crippen molar-refractivity contribution in [2.45, 2.75) is 30.4 Å². The van der Waals surface area contributed by atoms with Crippen LogP contribution in [0.15, 0.2) is 16.3 Å². The minimum atomic E-state index is -3.66. The highest BCUT2D eigenvalue weighted by atomic mass is 32.2. The van der Waals surface area contributed by atoms with Crippen molar-refractivity contribution in [2.24, 2.45) is 10.6 Å². The molecule has 0 bridgehead atoms. The fraction of sp³-hybridized carbons (Fsp3) is 0.545. The fourth-order valence-corrected chi connectivity index (χ4v) is 3.31. The molecule has 1 amide bonds. The molecule has 0 unspecified atom stereocenters. The van der Waals surface area contributed by atoms with E-state index in [1.54, 1.807) is 6.07 Å². The van der Waals surface area contributed by atoms with Crippen LogP contribution in [0.2, 0.25) is 0 Å². The van der Waals surface area contributed by atoms with Gasteiger partial charge in [0.2, 0.25) is 15.9 Å². The van der Waals surface area contributed by atoms with E-state index < -0.39 is 10.0 Å². The molecule has 100 valence electrons. The molecule has 0 radical (unpaired) electrons. The monoisotopic (exact) mass is 288 g/mol. The Bertz CT molecular complexity index is 559. The van der Waals surface area contributed by atoms with Crippen LogP contribution in [0.3, 0.4) is 0 Å². The normalized spacial score (nSPS) is 17.4. The van der Waals surface area contributed by atoms with Gasteiger partial charge in [0.25, 0.3) is 0 Å². The van der Waals surface area contributed by atoms with E-state index in [1.165, 1.54) is 6.07 Å². The Hall–Kier alpha value is -0.920. The van der Waals surface area contributed by atoms with Gasteiger partial charge in [-0.1, -0.05) is 6.92 Å². The van der Waals surface area contributed by atoms with Crippen LogP contribution in [-0.4, -0.2) is 20.9 Å². The number of primary sulfonamides is 1. The summed E-state index contributed by atoms with van der Waals surface area (Å²) in [6, 6.07) is 3.06. The summed E-state index contributed by atoms with van der Waals surface area (Å²) in [5.74, 6) is -0.0778. The highest BCUT2D eigenvalue weighted by molar-refractivity contribution is 7.91. The van der Waals surface area contributed by atoms with E-state index in [0.717, 1.165) is 24.2 Å². The summed E-state index contributed by atoms with van der Waals surface area (Å²) >= 11 is 1.04. The number of carbonyl (C=O) groups excluding carboxylic acids is 1. The summed E-state index contributed by atoms with van der Waals surface area (Å²) in [6.07, 6.45) is 2.51. The number of nitrogens with one attached hydrogen (secondary N) is 1. The number of thiophene rings is 1. The second kappa shape index (κ2) is 4.64. The van der Waals surface area contributed by atoms with Crippen LogP contribution >= 0.6 is 11.3 Å². The Labute approximate surface area is 110 Å². The quantitative estimate of drug-likeness (QED) is 0.842. The van der Waals surface area contributed by atoms with Gasteiger partial charge in [-0.2, -0.15) is 0 Å². The van der Waals surface area contributed by atoms with E-state index in [-0.39, 0.29) is 22.0 Å². The lowest BCUT2D eigenvalue weighted by atomic mass is 10.1. The van der Waals surface area contributed by atoms with Gasteiger partial charge in [0.1, 0.15) is 4.21 Å². The molecule has 1 saturated carbocycles. The molecule has 5 nitrogen and oxygen atoms in total. The van der Waals surface area contributed by atoms with Crippen LogP contribution in [0.5, 0.6) is 0 Å². The first-order chi connectivity index (χ1) is 8.28. The molecule has 1 aliphatic carbocycles. The van der Waals surface area contributed by atoms with Crippen molar-refractivity contribution in [3.8, 4) is 0 Å². The third-order valence-corrected chi connectivity index (χ3v) is 5.59. The van der Waals surface area contributed by atoms with Crippen molar-refractivity contribution in [3.63, 3.8) is 0 Å². The summed E-state index contributed by atoms with van der Waals surface area (Å²) < 4.78 is 22.3. The zero-order valence-corrected chi connectivity index (χ0v) is 11.7.